The highest BCUT2D eigenvalue weighted by Gasteiger charge is 2.12. The maximum absolute atomic E-state index is 12.7. The van der Waals surface area contributed by atoms with Crippen molar-refractivity contribution in [2.24, 2.45) is 0 Å². The van der Waals surface area contributed by atoms with Crippen molar-refractivity contribution in [3.8, 4) is 17.6 Å². The number of rotatable bonds is 8. The lowest BCUT2D eigenvalue weighted by atomic mass is 10.1. The van der Waals surface area contributed by atoms with Crippen LogP contribution in [0.2, 0.25) is 10.0 Å². The van der Waals surface area contributed by atoms with E-state index < -0.39 is 5.91 Å². The van der Waals surface area contributed by atoms with Crippen LogP contribution in [0.3, 0.4) is 0 Å². The largest absolute Gasteiger partial charge is 0.493 e. The maximum atomic E-state index is 12.7. The smallest absolute Gasteiger partial charge is 0.266 e. The number of ether oxygens (including phenoxy) is 2. The van der Waals surface area contributed by atoms with Gasteiger partial charge in [0.15, 0.2) is 0 Å². The molecule has 0 aliphatic heterocycles. The Balaban J connectivity index is 1.67. The lowest BCUT2D eigenvalue weighted by Crippen LogP contribution is -2.13. The lowest BCUT2D eigenvalue weighted by Gasteiger charge is -2.10. The van der Waals surface area contributed by atoms with Crippen LogP contribution in [-0.2, 0) is 11.4 Å². The predicted octanol–water partition coefficient (Wildman–Crippen LogP) is 7.28. The molecule has 3 rings (SSSR count). The Kier molecular flexibility index (Phi) is 8.79. The molecule has 0 radical (unpaired) electrons. The molecule has 3 aromatic carbocycles. The van der Waals surface area contributed by atoms with Crippen LogP contribution in [0.25, 0.3) is 6.08 Å². The minimum Gasteiger partial charge on any atom is -0.493 e. The van der Waals surface area contributed by atoms with E-state index in [0.717, 1.165) is 10.0 Å². The summed E-state index contributed by atoms with van der Waals surface area (Å²) in [5.41, 5.74) is 1.91. The number of nitrogens with one attached hydrogen (secondary N) is 1. The fourth-order valence-corrected chi connectivity index (χ4v) is 3.70. The number of nitrogens with zero attached hydrogens (tertiary/aromatic N) is 1. The van der Waals surface area contributed by atoms with Crippen molar-refractivity contribution in [1.82, 2.24) is 0 Å². The first kappa shape index (κ1) is 24.7. The summed E-state index contributed by atoms with van der Waals surface area (Å²) < 4.78 is 12.1. The van der Waals surface area contributed by atoms with Gasteiger partial charge in [0, 0.05) is 31.3 Å². The van der Waals surface area contributed by atoms with Crippen molar-refractivity contribution in [3.63, 3.8) is 0 Å². The van der Waals surface area contributed by atoms with Crippen molar-refractivity contribution >= 4 is 56.8 Å². The van der Waals surface area contributed by atoms with Gasteiger partial charge in [-0.15, -0.1) is 0 Å². The Morgan fingerprint density at radius 2 is 1.85 bits per heavy atom. The van der Waals surface area contributed by atoms with E-state index in [0.29, 0.717) is 39.4 Å². The van der Waals surface area contributed by atoms with E-state index in [1.807, 2.05) is 19.1 Å². The van der Waals surface area contributed by atoms with E-state index in [1.54, 1.807) is 54.6 Å². The van der Waals surface area contributed by atoms with Gasteiger partial charge in [-0.25, -0.2) is 0 Å². The lowest BCUT2D eigenvalue weighted by molar-refractivity contribution is -0.112. The van der Waals surface area contributed by atoms with Crippen LogP contribution in [-0.4, -0.2) is 12.5 Å². The highest BCUT2D eigenvalue weighted by atomic mass is 79.9. The number of carbonyl (C=O) groups is 1. The number of carbonyl (C=O) groups excluding carboxylic acids is 1. The van der Waals surface area contributed by atoms with Gasteiger partial charge in [0.2, 0.25) is 0 Å². The molecule has 0 aliphatic carbocycles. The normalized spacial score (nSPS) is 10.9. The molecule has 0 atom stereocenters. The zero-order valence-electron chi connectivity index (χ0n) is 17.6. The van der Waals surface area contributed by atoms with E-state index in [9.17, 15) is 10.1 Å². The Labute approximate surface area is 210 Å². The molecule has 8 heteroatoms. The number of halogens is 3. The van der Waals surface area contributed by atoms with Gasteiger partial charge in [-0.2, -0.15) is 5.26 Å². The van der Waals surface area contributed by atoms with Crippen LogP contribution in [0.5, 0.6) is 11.5 Å². The SMILES string of the molecule is CCOc1ccc(Br)cc1/C=C(\C#N)C(=O)Nc1ccc(OCc2ccc(Cl)cc2Cl)cc1. The van der Waals surface area contributed by atoms with Crippen molar-refractivity contribution in [1.29, 1.82) is 5.26 Å². The topological polar surface area (TPSA) is 71.3 Å². The monoisotopic (exact) mass is 544 g/mol. The molecule has 3 aromatic rings. The summed E-state index contributed by atoms with van der Waals surface area (Å²) in [4.78, 5) is 12.7. The molecule has 168 valence electrons. The summed E-state index contributed by atoms with van der Waals surface area (Å²) in [7, 11) is 0. The van der Waals surface area contributed by atoms with E-state index in [-0.39, 0.29) is 12.2 Å². The van der Waals surface area contributed by atoms with Crippen molar-refractivity contribution in [2.45, 2.75) is 13.5 Å². The molecule has 0 heterocycles. The van der Waals surface area contributed by atoms with E-state index in [2.05, 4.69) is 21.2 Å². The molecule has 1 N–H and O–H groups in total. The van der Waals surface area contributed by atoms with Crippen LogP contribution in [0.15, 0.2) is 70.7 Å². The molecule has 33 heavy (non-hydrogen) atoms. The fraction of sp³-hybridized carbons (Fsp3) is 0.120. The summed E-state index contributed by atoms with van der Waals surface area (Å²) in [6, 6.07) is 19.4. The van der Waals surface area contributed by atoms with Crippen molar-refractivity contribution in [2.75, 3.05) is 11.9 Å². The highest BCUT2D eigenvalue weighted by molar-refractivity contribution is 9.10. The highest BCUT2D eigenvalue weighted by Crippen LogP contribution is 2.26. The van der Waals surface area contributed by atoms with E-state index >= 15 is 0 Å². The number of anilines is 1. The van der Waals surface area contributed by atoms with Gasteiger partial charge >= 0.3 is 0 Å². The van der Waals surface area contributed by atoms with Gasteiger partial charge in [-0.3, -0.25) is 4.79 Å². The summed E-state index contributed by atoms with van der Waals surface area (Å²) in [5.74, 6) is 0.663. The summed E-state index contributed by atoms with van der Waals surface area (Å²) in [6.07, 6.45) is 1.50. The van der Waals surface area contributed by atoms with Gasteiger partial charge < -0.3 is 14.8 Å². The number of hydrogen-bond donors (Lipinski definition) is 1. The Hall–Kier alpha value is -2.98. The van der Waals surface area contributed by atoms with Crippen LogP contribution in [0.4, 0.5) is 5.69 Å². The van der Waals surface area contributed by atoms with Crippen LogP contribution in [0, 0.1) is 11.3 Å². The standard InChI is InChI=1S/C25H19BrCl2N2O3/c1-2-32-24-10-4-19(26)12-17(24)11-18(14-29)25(31)30-21-6-8-22(9-7-21)33-15-16-3-5-20(27)13-23(16)28/h3-13H,2,15H2,1H3,(H,30,31)/b18-11+. The summed E-state index contributed by atoms with van der Waals surface area (Å²) >= 11 is 15.5. The van der Waals surface area contributed by atoms with Gasteiger partial charge in [-0.05, 0) is 67.6 Å². The Bertz CT molecular complexity index is 1220. The average Bonchev–Trinajstić information content (AvgIpc) is 2.79. The molecule has 0 saturated heterocycles. The summed E-state index contributed by atoms with van der Waals surface area (Å²) in [5, 5.41) is 13.3. The first-order chi connectivity index (χ1) is 15.9. The third-order valence-electron chi connectivity index (χ3n) is 4.46. The zero-order chi connectivity index (χ0) is 23.8. The quantitative estimate of drug-likeness (QED) is 0.238. The van der Waals surface area contributed by atoms with Gasteiger partial charge in [0.05, 0.1) is 6.61 Å². The fourth-order valence-electron chi connectivity index (χ4n) is 2.86. The maximum Gasteiger partial charge on any atom is 0.266 e. The molecule has 0 aliphatic rings. The summed E-state index contributed by atoms with van der Waals surface area (Å²) in [6.45, 7) is 2.61. The molecule has 1 amide bonds. The minimum atomic E-state index is -0.526. The second kappa shape index (κ2) is 11.8. The molecule has 0 unspecified atom stereocenters. The average molecular weight is 546 g/mol. The van der Waals surface area contributed by atoms with E-state index in [4.69, 9.17) is 32.7 Å². The first-order valence-corrected chi connectivity index (χ1v) is 11.5. The second-order valence-corrected chi connectivity index (χ2v) is 8.55. The molecule has 0 bridgehead atoms. The molecule has 5 nitrogen and oxygen atoms in total. The Morgan fingerprint density at radius 1 is 1.09 bits per heavy atom. The van der Waals surface area contributed by atoms with Crippen LogP contribution < -0.4 is 14.8 Å². The van der Waals surface area contributed by atoms with Gasteiger partial charge in [0.1, 0.15) is 29.7 Å². The van der Waals surface area contributed by atoms with Gasteiger partial charge in [-0.1, -0.05) is 45.2 Å². The molecule has 0 spiro atoms. The second-order valence-electron chi connectivity index (χ2n) is 6.79. The molecule has 0 fully saturated rings. The molecular formula is C25H19BrCl2N2O3. The van der Waals surface area contributed by atoms with E-state index in [1.165, 1.54) is 6.08 Å². The van der Waals surface area contributed by atoms with Gasteiger partial charge in [0.25, 0.3) is 5.91 Å². The van der Waals surface area contributed by atoms with Crippen LogP contribution >= 0.6 is 39.1 Å². The molecule has 0 saturated carbocycles. The number of nitriles is 1. The molecular weight excluding hydrogens is 527 g/mol. The minimum absolute atomic E-state index is 0.0493. The van der Waals surface area contributed by atoms with Crippen LogP contribution in [0.1, 0.15) is 18.1 Å². The first-order valence-electron chi connectivity index (χ1n) is 9.92. The zero-order valence-corrected chi connectivity index (χ0v) is 20.7. The molecule has 0 aromatic heterocycles. The third kappa shape index (κ3) is 7.00. The number of hydrogen-bond acceptors (Lipinski definition) is 4. The number of benzene rings is 3. The Morgan fingerprint density at radius 3 is 2.52 bits per heavy atom. The number of amides is 1. The third-order valence-corrected chi connectivity index (χ3v) is 5.54. The van der Waals surface area contributed by atoms with Crippen molar-refractivity contribution < 1.29 is 14.3 Å². The van der Waals surface area contributed by atoms with Crippen molar-refractivity contribution in [3.05, 3.63) is 91.9 Å². The predicted molar refractivity (Wildman–Crippen MR) is 135 cm³/mol.